The van der Waals surface area contributed by atoms with Gasteiger partial charge in [0.15, 0.2) is 5.82 Å². The van der Waals surface area contributed by atoms with Crippen LogP contribution in [0.25, 0.3) is 0 Å². The Labute approximate surface area is 155 Å². The second kappa shape index (κ2) is 7.41. The zero-order chi connectivity index (χ0) is 18.0. The van der Waals surface area contributed by atoms with Crippen LogP contribution in [0.15, 0.2) is 18.2 Å². The number of benzene rings is 1. The van der Waals surface area contributed by atoms with Gasteiger partial charge >= 0.3 is 0 Å². The summed E-state index contributed by atoms with van der Waals surface area (Å²) in [5.74, 6) is 1.82. The van der Waals surface area contributed by atoms with Gasteiger partial charge in [0.05, 0.1) is 11.6 Å². The fourth-order valence-corrected chi connectivity index (χ4v) is 3.31. The molecule has 1 unspecified atom stereocenters. The summed E-state index contributed by atoms with van der Waals surface area (Å²) in [5, 5.41) is 22.9. The second-order valence-corrected chi connectivity index (χ2v) is 6.85. The lowest BCUT2D eigenvalue weighted by Gasteiger charge is -2.17. The van der Waals surface area contributed by atoms with Gasteiger partial charge in [-0.2, -0.15) is 5.21 Å². The molecule has 0 bridgehead atoms. The number of rotatable bonds is 6. The maximum absolute atomic E-state index is 6.04. The molecule has 0 aliphatic rings. The number of H-pyrrole nitrogens is 2. The Morgan fingerprint density at radius 2 is 1.84 bits per heavy atom. The van der Waals surface area contributed by atoms with Gasteiger partial charge < -0.3 is 4.74 Å². The topological polar surface area (TPSA) is 92.4 Å². The van der Waals surface area contributed by atoms with E-state index < -0.39 is 0 Å². The standard InChI is InChI=1S/C16H18Cl2N6O/c1-4-12-14(13(8(2)3)15-20-23-24-21-15)19-22-16(12)25-11-6-9(17)5-10(18)7-11/h5-8,13H,4H2,1-3H3,(H,19,22)(H,20,21,23,24). The molecule has 3 aromatic rings. The molecule has 2 heterocycles. The van der Waals surface area contributed by atoms with Gasteiger partial charge in [0.1, 0.15) is 5.75 Å². The number of tetrazole rings is 1. The van der Waals surface area contributed by atoms with Crippen LogP contribution in [0.1, 0.15) is 43.8 Å². The number of hydrogen-bond donors (Lipinski definition) is 2. The molecule has 2 aromatic heterocycles. The lowest BCUT2D eigenvalue weighted by atomic mass is 9.89. The molecule has 1 aromatic carbocycles. The number of ether oxygens (including phenoxy) is 1. The van der Waals surface area contributed by atoms with Crippen molar-refractivity contribution < 1.29 is 4.74 Å². The van der Waals surface area contributed by atoms with Crippen molar-refractivity contribution in [3.05, 3.63) is 45.3 Å². The number of nitrogens with one attached hydrogen (secondary N) is 2. The third-order valence-electron chi connectivity index (χ3n) is 3.88. The lowest BCUT2D eigenvalue weighted by molar-refractivity contribution is 0.456. The van der Waals surface area contributed by atoms with Gasteiger partial charge in [-0.15, -0.1) is 15.3 Å². The van der Waals surface area contributed by atoms with E-state index in [2.05, 4.69) is 44.7 Å². The summed E-state index contributed by atoms with van der Waals surface area (Å²) >= 11 is 12.1. The maximum atomic E-state index is 6.04. The first-order valence-corrected chi connectivity index (χ1v) is 8.69. The van der Waals surface area contributed by atoms with Gasteiger partial charge in [-0.25, -0.2) is 0 Å². The van der Waals surface area contributed by atoms with Gasteiger partial charge in [0.25, 0.3) is 0 Å². The number of hydrogen-bond acceptors (Lipinski definition) is 5. The van der Waals surface area contributed by atoms with Crippen LogP contribution in [-0.2, 0) is 6.42 Å². The van der Waals surface area contributed by atoms with Crippen molar-refractivity contribution in [1.82, 2.24) is 30.8 Å². The van der Waals surface area contributed by atoms with E-state index in [1.807, 2.05) is 6.92 Å². The Balaban J connectivity index is 1.98. The lowest BCUT2D eigenvalue weighted by Crippen LogP contribution is -2.13. The second-order valence-electron chi connectivity index (χ2n) is 5.97. The molecule has 9 heteroatoms. The third kappa shape index (κ3) is 3.77. The van der Waals surface area contributed by atoms with Crippen molar-refractivity contribution in [2.24, 2.45) is 5.92 Å². The van der Waals surface area contributed by atoms with Crippen LogP contribution in [0.4, 0.5) is 0 Å². The molecule has 0 amide bonds. The van der Waals surface area contributed by atoms with E-state index in [-0.39, 0.29) is 11.8 Å². The minimum atomic E-state index is -0.0681. The quantitative estimate of drug-likeness (QED) is 0.661. The molecule has 1 atom stereocenters. The Kier molecular flexibility index (Phi) is 5.24. The molecule has 0 saturated carbocycles. The highest BCUT2D eigenvalue weighted by Gasteiger charge is 2.28. The molecule has 3 rings (SSSR count). The SMILES string of the molecule is CCc1c(Oc2cc(Cl)cc(Cl)c2)n[nH]c1C(c1nn[nH]n1)C(C)C. The summed E-state index contributed by atoms with van der Waals surface area (Å²) < 4.78 is 5.91. The van der Waals surface area contributed by atoms with Gasteiger partial charge in [-0.1, -0.05) is 49.2 Å². The van der Waals surface area contributed by atoms with Crippen LogP contribution in [0.2, 0.25) is 10.0 Å². The van der Waals surface area contributed by atoms with Crippen LogP contribution in [0.5, 0.6) is 11.6 Å². The summed E-state index contributed by atoms with van der Waals surface area (Å²) in [6.45, 7) is 6.23. The summed E-state index contributed by atoms with van der Waals surface area (Å²) in [6, 6.07) is 5.04. The third-order valence-corrected chi connectivity index (χ3v) is 4.32. The van der Waals surface area contributed by atoms with Crippen molar-refractivity contribution in [3.8, 4) is 11.6 Å². The highest BCUT2D eigenvalue weighted by Crippen LogP contribution is 2.36. The van der Waals surface area contributed by atoms with Crippen molar-refractivity contribution in [2.75, 3.05) is 0 Å². The summed E-state index contributed by atoms with van der Waals surface area (Å²) in [6.07, 6.45) is 0.733. The Morgan fingerprint density at radius 1 is 1.12 bits per heavy atom. The fraction of sp³-hybridized carbons (Fsp3) is 0.375. The average molecular weight is 381 g/mol. The summed E-state index contributed by atoms with van der Waals surface area (Å²) in [5.41, 5.74) is 1.88. The summed E-state index contributed by atoms with van der Waals surface area (Å²) in [4.78, 5) is 0. The zero-order valence-corrected chi connectivity index (χ0v) is 15.6. The van der Waals surface area contributed by atoms with E-state index >= 15 is 0 Å². The minimum absolute atomic E-state index is 0.0681. The highest BCUT2D eigenvalue weighted by atomic mass is 35.5. The van der Waals surface area contributed by atoms with Gasteiger partial charge in [0.2, 0.25) is 5.88 Å². The Morgan fingerprint density at radius 3 is 2.40 bits per heavy atom. The van der Waals surface area contributed by atoms with Crippen molar-refractivity contribution >= 4 is 23.2 Å². The van der Waals surface area contributed by atoms with Gasteiger partial charge in [0, 0.05) is 15.6 Å². The van der Waals surface area contributed by atoms with Crippen molar-refractivity contribution in [3.63, 3.8) is 0 Å². The minimum Gasteiger partial charge on any atom is -0.437 e. The van der Waals surface area contributed by atoms with E-state index in [0.29, 0.717) is 27.5 Å². The van der Waals surface area contributed by atoms with Crippen molar-refractivity contribution in [2.45, 2.75) is 33.1 Å². The number of halogens is 2. The Bertz CT molecular complexity index is 826. The molecule has 0 saturated heterocycles. The van der Waals surface area contributed by atoms with Crippen LogP contribution < -0.4 is 4.74 Å². The number of aromatic amines is 2. The first kappa shape index (κ1) is 17.7. The molecule has 0 fully saturated rings. The molecule has 132 valence electrons. The van der Waals surface area contributed by atoms with E-state index in [0.717, 1.165) is 17.7 Å². The van der Waals surface area contributed by atoms with Crippen LogP contribution >= 0.6 is 23.2 Å². The number of aromatic nitrogens is 6. The Hall–Kier alpha value is -2.12. The van der Waals surface area contributed by atoms with Gasteiger partial charge in [-0.05, 0) is 30.5 Å². The molecule has 0 spiro atoms. The monoisotopic (exact) mass is 380 g/mol. The molecule has 0 aliphatic carbocycles. The maximum Gasteiger partial charge on any atom is 0.241 e. The van der Waals surface area contributed by atoms with Crippen LogP contribution in [0.3, 0.4) is 0 Å². The zero-order valence-electron chi connectivity index (χ0n) is 14.0. The summed E-state index contributed by atoms with van der Waals surface area (Å²) in [7, 11) is 0. The molecule has 0 aliphatic heterocycles. The van der Waals surface area contributed by atoms with Crippen molar-refractivity contribution in [1.29, 1.82) is 0 Å². The molecule has 7 nitrogen and oxygen atoms in total. The molecule has 0 radical (unpaired) electrons. The first-order chi connectivity index (χ1) is 12.0. The fourth-order valence-electron chi connectivity index (χ4n) is 2.81. The van der Waals surface area contributed by atoms with Gasteiger partial charge in [-0.3, -0.25) is 5.10 Å². The first-order valence-electron chi connectivity index (χ1n) is 7.94. The van der Waals surface area contributed by atoms with E-state index in [9.17, 15) is 0 Å². The molecular formula is C16H18Cl2N6O. The predicted octanol–water partition coefficient (Wildman–Crippen LogP) is 4.37. The van der Waals surface area contributed by atoms with E-state index in [1.54, 1.807) is 18.2 Å². The smallest absolute Gasteiger partial charge is 0.241 e. The molecule has 2 N–H and O–H groups in total. The average Bonchev–Trinajstić information content (AvgIpc) is 3.17. The predicted molar refractivity (Wildman–Crippen MR) is 95.4 cm³/mol. The highest BCUT2D eigenvalue weighted by molar-refractivity contribution is 6.34. The van der Waals surface area contributed by atoms with E-state index in [1.165, 1.54) is 0 Å². The van der Waals surface area contributed by atoms with E-state index in [4.69, 9.17) is 27.9 Å². The normalized spacial score (nSPS) is 12.6. The molecular weight excluding hydrogens is 363 g/mol. The largest absolute Gasteiger partial charge is 0.437 e. The van der Waals surface area contributed by atoms with Crippen LogP contribution in [0, 0.1) is 5.92 Å². The molecule has 25 heavy (non-hydrogen) atoms. The van der Waals surface area contributed by atoms with Crippen LogP contribution in [-0.4, -0.2) is 30.8 Å². The number of nitrogens with zero attached hydrogens (tertiary/aromatic N) is 4.